The first-order valence-corrected chi connectivity index (χ1v) is 10.9. The minimum atomic E-state index is -3.42. The van der Waals surface area contributed by atoms with E-state index in [0.29, 0.717) is 11.3 Å². The van der Waals surface area contributed by atoms with Crippen molar-refractivity contribution in [1.29, 1.82) is 0 Å². The molecule has 5 nitrogen and oxygen atoms in total. The van der Waals surface area contributed by atoms with Gasteiger partial charge in [-0.15, -0.1) is 0 Å². The highest BCUT2D eigenvalue weighted by Gasteiger charge is 2.17. The summed E-state index contributed by atoms with van der Waals surface area (Å²) in [5.41, 5.74) is 4.56. The first-order valence-electron chi connectivity index (χ1n) is 9.02. The Labute approximate surface area is 162 Å². The maximum atomic E-state index is 12.9. The van der Waals surface area contributed by atoms with Crippen molar-refractivity contribution >= 4 is 27.3 Å². The number of hydrogen-bond donors (Lipinski definition) is 2. The normalized spacial score (nSPS) is 11.7. The number of carbonyl (C=O) groups is 1. The zero-order valence-corrected chi connectivity index (χ0v) is 17.6. The van der Waals surface area contributed by atoms with Crippen LogP contribution in [-0.2, 0) is 10.0 Å². The lowest BCUT2D eigenvalue weighted by Gasteiger charge is -2.20. The van der Waals surface area contributed by atoms with Crippen molar-refractivity contribution in [2.24, 2.45) is 0 Å². The molecule has 1 amide bonds. The molecule has 2 aromatic rings. The van der Waals surface area contributed by atoms with Gasteiger partial charge in [0.1, 0.15) is 0 Å². The van der Waals surface area contributed by atoms with Crippen LogP contribution in [0.15, 0.2) is 36.4 Å². The number of benzene rings is 2. The van der Waals surface area contributed by atoms with Crippen LogP contribution in [0.25, 0.3) is 0 Å². The van der Waals surface area contributed by atoms with Crippen LogP contribution >= 0.6 is 0 Å². The lowest BCUT2D eigenvalue weighted by atomic mass is 9.92. The van der Waals surface area contributed by atoms with E-state index in [4.69, 9.17) is 0 Å². The Morgan fingerprint density at radius 1 is 0.963 bits per heavy atom. The maximum Gasteiger partial charge on any atom is 0.255 e. The predicted octanol–water partition coefficient (Wildman–Crippen LogP) is 4.87. The molecule has 2 rings (SSSR count). The number of hydrogen-bond acceptors (Lipinski definition) is 3. The summed E-state index contributed by atoms with van der Waals surface area (Å²) in [6.07, 6.45) is 1.09. The molecule has 0 aliphatic rings. The second-order valence-corrected chi connectivity index (χ2v) is 9.23. The van der Waals surface area contributed by atoms with Crippen molar-refractivity contribution in [2.45, 2.75) is 46.5 Å². The summed E-state index contributed by atoms with van der Waals surface area (Å²) < 4.78 is 25.6. The number of aryl methyl sites for hydroxylation is 1. The quantitative estimate of drug-likeness (QED) is 0.741. The number of nitrogens with one attached hydrogen (secondary N) is 2. The molecule has 0 heterocycles. The van der Waals surface area contributed by atoms with E-state index in [0.717, 1.165) is 28.6 Å². The molecule has 146 valence electrons. The molecule has 0 atom stereocenters. The number of rotatable bonds is 6. The molecule has 2 N–H and O–H groups in total. The molecule has 0 aromatic heterocycles. The zero-order chi connectivity index (χ0) is 20.4. The minimum Gasteiger partial charge on any atom is -0.321 e. The molecule has 0 fully saturated rings. The van der Waals surface area contributed by atoms with E-state index in [9.17, 15) is 13.2 Å². The molecular formula is C21H28N2O3S. The van der Waals surface area contributed by atoms with Gasteiger partial charge in [0.05, 0.1) is 11.9 Å². The first kappa shape index (κ1) is 21.0. The summed E-state index contributed by atoms with van der Waals surface area (Å²) in [5.74, 6) is 0.264. The SMILES string of the molecule is Cc1ccc(C(=O)Nc2c(C(C)C)cccc2C(C)C)cc1NS(C)(=O)=O. The van der Waals surface area contributed by atoms with Gasteiger partial charge >= 0.3 is 0 Å². The molecule has 2 aromatic carbocycles. The predicted molar refractivity (Wildman–Crippen MR) is 112 cm³/mol. The smallest absolute Gasteiger partial charge is 0.255 e. The third-order valence-corrected chi connectivity index (χ3v) is 5.00. The van der Waals surface area contributed by atoms with Crippen molar-refractivity contribution in [1.82, 2.24) is 0 Å². The molecule has 0 aliphatic carbocycles. The molecule has 0 saturated heterocycles. The molecule has 6 heteroatoms. The van der Waals surface area contributed by atoms with Gasteiger partial charge in [-0.1, -0.05) is 52.0 Å². The molecule has 0 bridgehead atoms. The van der Waals surface area contributed by atoms with E-state index < -0.39 is 10.0 Å². The summed E-state index contributed by atoms with van der Waals surface area (Å²) in [6, 6.07) is 11.1. The van der Waals surface area contributed by atoms with Crippen LogP contribution in [0.5, 0.6) is 0 Å². The van der Waals surface area contributed by atoms with Crippen LogP contribution in [0.4, 0.5) is 11.4 Å². The number of para-hydroxylation sites is 1. The van der Waals surface area contributed by atoms with Crippen molar-refractivity contribution in [3.8, 4) is 0 Å². The second-order valence-electron chi connectivity index (χ2n) is 7.48. The zero-order valence-electron chi connectivity index (χ0n) is 16.8. The van der Waals surface area contributed by atoms with Gasteiger partial charge in [0.15, 0.2) is 0 Å². The Bertz CT molecular complexity index is 922. The molecule has 0 spiro atoms. The van der Waals surface area contributed by atoms with Crippen LogP contribution in [-0.4, -0.2) is 20.6 Å². The second kappa shape index (κ2) is 8.13. The Kier molecular flexibility index (Phi) is 6.31. The van der Waals surface area contributed by atoms with Crippen LogP contribution in [0.1, 0.15) is 66.6 Å². The van der Waals surface area contributed by atoms with E-state index in [-0.39, 0.29) is 17.7 Å². The third kappa shape index (κ3) is 5.32. The fraction of sp³-hybridized carbons (Fsp3) is 0.381. The fourth-order valence-corrected chi connectivity index (χ4v) is 3.57. The van der Waals surface area contributed by atoms with Gasteiger partial charge in [0.2, 0.25) is 10.0 Å². The largest absolute Gasteiger partial charge is 0.321 e. The Hall–Kier alpha value is -2.34. The van der Waals surface area contributed by atoms with Gasteiger partial charge in [0, 0.05) is 11.3 Å². The van der Waals surface area contributed by atoms with Crippen LogP contribution in [0, 0.1) is 6.92 Å². The first-order chi connectivity index (χ1) is 12.5. The van der Waals surface area contributed by atoms with Crippen molar-refractivity contribution < 1.29 is 13.2 Å². The van der Waals surface area contributed by atoms with Crippen LogP contribution in [0.2, 0.25) is 0 Å². The van der Waals surface area contributed by atoms with E-state index in [1.54, 1.807) is 25.1 Å². The number of carbonyl (C=O) groups excluding carboxylic acids is 1. The molecule has 0 unspecified atom stereocenters. The Morgan fingerprint density at radius 2 is 1.52 bits per heavy atom. The highest BCUT2D eigenvalue weighted by Crippen LogP contribution is 2.33. The molecular weight excluding hydrogens is 360 g/mol. The van der Waals surface area contributed by atoms with Gasteiger partial charge in [0.25, 0.3) is 5.91 Å². The van der Waals surface area contributed by atoms with Crippen molar-refractivity contribution in [3.63, 3.8) is 0 Å². The summed E-state index contributed by atoms with van der Waals surface area (Å²) in [4.78, 5) is 12.9. The average Bonchev–Trinajstić information content (AvgIpc) is 2.55. The highest BCUT2D eigenvalue weighted by molar-refractivity contribution is 7.92. The van der Waals surface area contributed by atoms with Gasteiger partial charge in [-0.3, -0.25) is 9.52 Å². The highest BCUT2D eigenvalue weighted by atomic mass is 32.2. The fourth-order valence-electron chi connectivity index (χ4n) is 2.95. The van der Waals surface area contributed by atoms with E-state index >= 15 is 0 Å². The van der Waals surface area contributed by atoms with E-state index in [1.807, 2.05) is 18.2 Å². The minimum absolute atomic E-state index is 0.262. The molecule has 0 aliphatic heterocycles. The number of anilines is 2. The van der Waals surface area contributed by atoms with Crippen LogP contribution in [0.3, 0.4) is 0 Å². The lowest BCUT2D eigenvalue weighted by molar-refractivity contribution is 0.102. The summed E-state index contributed by atoms with van der Waals surface area (Å²) in [6.45, 7) is 10.2. The standard InChI is InChI=1S/C21H28N2O3S/c1-13(2)17-8-7-9-18(14(3)4)20(17)22-21(24)16-11-10-15(5)19(12-16)23-27(6,25)26/h7-14,23H,1-6H3,(H,22,24). The number of sulfonamides is 1. The summed E-state index contributed by atoms with van der Waals surface area (Å²) in [7, 11) is -3.42. The number of amides is 1. The van der Waals surface area contributed by atoms with Gasteiger partial charge in [-0.2, -0.15) is 0 Å². The van der Waals surface area contributed by atoms with E-state index in [1.165, 1.54) is 0 Å². The lowest BCUT2D eigenvalue weighted by Crippen LogP contribution is -2.17. The van der Waals surface area contributed by atoms with Crippen LogP contribution < -0.4 is 10.0 Å². The van der Waals surface area contributed by atoms with E-state index in [2.05, 4.69) is 37.7 Å². The molecule has 0 radical (unpaired) electrons. The average molecular weight is 389 g/mol. The van der Waals surface area contributed by atoms with Gasteiger partial charge < -0.3 is 5.32 Å². The third-order valence-electron chi connectivity index (χ3n) is 4.41. The van der Waals surface area contributed by atoms with Gasteiger partial charge in [-0.05, 0) is 47.6 Å². The molecule has 0 saturated carbocycles. The van der Waals surface area contributed by atoms with Crippen molar-refractivity contribution in [3.05, 3.63) is 58.7 Å². The monoisotopic (exact) mass is 388 g/mol. The Morgan fingerprint density at radius 3 is 2.00 bits per heavy atom. The van der Waals surface area contributed by atoms with Gasteiger partial charge in [-0.25, -0.2) is 8.42 Å². The van der Waals surface area contributed by atoms with Crippen molar-refractivity contribution in [2.75, 3.05) is 16.3 Å². The topological polar surface area (TPSA) is 75.3 Å². The summed E-state index contributed by atoms with van der Waals surface area (Å²) >= 11 is 0. The maximum absolute atomic E-state index is 12.9. The summed E-state index contributed by atoms with van der Waals surface area (Å²) in [5, 5.41) is 3.05. The Balaban J connectivity index is 2.42. The molecule has 27 heavy (non-hydrogen) atoms.